The molecule has 0 aromatic heterocycles. The summed E-state index contributed by atoms with van der Waals surface area (Å²) in [6.45, 7) is 5.16. The lowest BCUT2D eigenvalue weighted by Crippen LogP contribution is -2.54. The Morgan fingerprint density at radius 2 is 1.78 bits per heavy atom. The minimum absolute atomic E-state index is 0.197. The van der Waals surface area contributed by atoms with E-state index >= 15 is 0 Å². The van der Waals surface area contributed by atoms with Gasteiger partial charge in [0.25, 0.3) is 0 Å². The Bertz CT molecular complexity index is 721. The quantitative estimate of drug-likeness (QED) is 0.808. The molecular formula is C21H28N2O4. The number of carbonyl (C=O) groups is 3. The standard InChI is InChI=1S/C19H22N2O4.C2H6/c22-14-4-1-12(2-5-14)13-3-6-15-17(11-13)25-10-9-21(15)16-7-8-18(23)20-19(16)24;1-2/h3,6,11-12,16H,1-2,4-5,7-10H2,(H,20,23,24);1-2H3. The van der Waals surface area contributed by atoms with E-state index < -0.39 is 0 Å². The van der Waals surface area contributed by atoms with Gasteiger partial charge in [0.2, 0.25) is 11.8 Å². The van der Waals surface area contributed by atoms with Crippen LogP contribution in [0.1, 0.15) is 63.9 Å². The van der Waals surface area contributed by atoms with Gasteiger partial charge in [-0.15, -0.1) is 0 Å². The zero-order chi connectivity index (χ0) is 19.4. The van der Waals surface area contributed by atoms with Crippen LogP contribution in [-0.4, -0.2) is 36.8 Å². The molecule has 3 aliphatic rings. The van der Waals surface area contributed by atoms with Crippen LogP contribution in [0.2, 0.25) is 0 Å². The van der Waals surface area contributed by atoms with Crippen molar-refractivity contribution < 1.29 is 19.1 Å². The first-order valence-electron chi connectivity index (χ1n) is 10.0. The summed E-state index contributed by atoms with van der Waals surface area (Å²) in [5.41, 5.74) is 2.12. The molecule has 6 heteroatoms. The van der Waals surface area contributed by atoms with Gasteiger partial charge in [-0.3, -0.25) is 19.7 Å². The number of nitrogens with one attached hydrogen (secondary N) is 1. The normalized spacial score (nSPS) is 23.0. The molecule has 1 N–H and O–H groups in total. The molecule has 6 nitrogen and oxygen atoms in total. The maximum atomic E-state index is 12.2. The molecule has 0 bridgehead atoms. The zero-order valence-corrected chi connectivity index (χ0v) is 16.1. The third kappa shape index (κ3) is 4.15. The number of fused-ring (bicyclic) bond motifs is 1. The van der Waals surface area contributed by atoms with Gasteiger partial charge in [-0.25, -0.2) is 0 Å². The number of hydrogen-bond acceptors (Lipinski definition) is 5. The van der Waals surface area contributed by atoms with Crippen LogP contribution < -0.4 is 15.0 Å². The maximum Gasteiger partial charge on any atom is 0.249 e. The molecule has 2 amide bonds. The number of ether oxygens (including phenoxy) is 1. The summed E-state index contributed by atoms with van der Waals surface area (Å²) in [4.78, 5) is 37.1. The molecule has 2 heterocycles. The highest BCUT2D eigenvalue weighted by Gasteiger charge is 2.34. The molecule has 1 saturated carbocycles. The first-order valence-corrected chi connectivity index (χ1v) is 10.0. The Balaban J connectivity index is 0.00000102. The molecule has 4 rings (SSSR count). The fraction of sp³-hybridized carbons (Fsp3) is 0.571. The number of rotatable bonds is 2. The largest absolute Gasteiger partial charge is 0.490 e. The number of benzene rings is 1. The summed E-state index contributed by atoms with van der Waals surface area (Å²) in [6, 6.07) is 5.85. The van der Waals surface area contributed by atoms with E-state index in [2.05, 4.69) is 22.3 Å². The number of piperidine rings is 1. The highest BCUT2D eigenvalue weighted by atomic mass is 16.5. The lowest BCUT2D eigenvalue weighted by atomic mass is 9.83. The molecule has 1 unspecified atom stereocenters. The van der Waals surface area contributed by atoms with Crippen LogP contribution in [0.15, 0.2) is 18.2 Å². The van der Waals surface area contributed by atoms with Crippen molar-refractivity contribution in [2.75, 3.05) is 18.1 Å². The number of ketones is 1. The fourth-order valence-corrected chi connectivity index (χ4v) is 4.09. The lowest BCUT2D eigenvalue weighted by molar-refractivity contribution is -0.134. The van der Waals surface area contributed by atoms with E-state index in [0.717, 1.165) is 24.3 Å². The van der Waals surface area contributed by atoms with E-state index in [1.165, 1.54) is 5.56 Å². The van der Waals surface area contributed by atoms with Gasteiger partial charge in [-0.2, -0.15) is 0 Å². The Morgan fingerprint density at radius 3 is 2.48 bits per heavy atom. The van der Waals surface area contributed by atoms with Crippen LogP contribution in [0.5, 0.6) is 5.75 Å². The molecule has 27 heavy (non-hydrogen) atoms. The summed E-state index contributed by atoms with van der Waals surface area (Å²) in [5.74, 6) is 1.13. The molecule has 1 aromatic carbocycles. The summed E-state index contributed by atoms with van der Waals surface area (Å²) in [5, 5.41) is 2.43. The van der Waals surface area contributed by atoms with Gasteiger partial charge in [0.15, 0.2) is 0 Å². The van der Waals surface area contributed by atoms with Crippen LogP contribution in [-0.2, 0) is 14.4 Å². The van der Waals surface area contributed by atoms with Crippen molar-refractivity contribution >= 4 is 23.3 Å². The van der Waals surface area contributed by atoms with Crippen molar-refractivity contribution in [2.45, 2.75) is 64.3 Å². The Kier molecular flexibility index (Phi) is 6.14. The van der Waals surface area contributed by atoms with E-state index in [1.807, 2.05) is 19.9 Å². The van der Waals surface area contributed by atoms with Gasteiger partial charge in [0, 0.05) is 19.3 Å². The predicted molar refractivity (Wildman–Crippen MR) is 103 cm³/mol. The first kappa shape index (κ1) is 19.4. The summed E-state index contributed by atoms with van der Waals surface area (Å²) in [7, 11) is 0. The van der Waals surface area contributed by atoms with Gasteiger partial charge in [0.1, 0.15) is 24.2 Å². The Labute approximate surface area is 160 Å². The SMILES string of the molecule is CC.O=C1CCC(c2ccc3c(c2)OCCN3C2CCC(=O)NC2=O)CC1. The Morgan fingerprint density at radius 1 is 1.04 bits per heavy atom. The average molecular weight is 372 g/mol. The van der Waals surface area contributed by atoms with Crippen molar-refractivity contribution in [1.29, 1.82) is 0 Å². The second kappa shape index (κ2) is 8.55. The van der Waals surface area contributed by atoms with Crippen LogP contribution in [0.3, 0.4) is 0 Å². The van der Waals surface area contributed by atoms with E-state index in [4.69, 9.17) is 4.74 Å². The average Bonchev–Trinajstić information content (AvgIpc) is 2.69. The van der Waals surface area contributed by atoms with Crippen molar-refractivity contribution in [2.24, 2.45) is 0 Å². The maximum absolute atomic E-state index is 12.2. The summed E-state index contributed by atoms with van der Waals surface area (Å²) in [6.07, 6.45) is 4.02. The van der Waals surface area contributed by atoms with Crippen LogP contribution in [0.25, 0.3) is 0 Å². The van der Waals surface area contributed by atoms with Crippen LogP contribution in [0, 0.1) is 0 Å². The van der Waals surface area contributed by atoms with Gasteiger partial charge in [0.05, 0.1) is 12.2 Å². The lowest BCUT2D eigenvalue weighted by Gasteiger charge is -2.38. The zero-order valence-electron chi connectivity index (χ0n) is 16.1. The van der Waals surface area contributed by atoms with Gasteiger partial charge in [-0.1, -0.05) is 19.9 Å². The highest BCUT2D eigenvalue weighted by Crippen LogP contribution is 2.39. The minimum Gasteiger partial charge on any atom is -0.490 e. The highest BCUT2D eigenvalue weighted by molar-refractivity contribution is 6.01. The number of nitrogens with zero attached hydrogens (tertiary/aromatic N) is 1. The van der Waals surface area contributed by atoms with Crippen LogP contribution in [0.4, 0.5) is 5.69 Å². The number of Topliss-reactive ketones (excluding diaryl/α,β-unsaturated/α-hetero) is 1. The third-order valence-corrected chi connectivity index (χ3v) is 5.48. The van der Waals surface area contributed by atoms with Crippen LogP contribution >= 0.6 is 0 Å². The molecule has 2 fully saturated rings. The van der Waals surface area contributed by atoms with Crippen molar-refractivity contribution in [3.8, 4) is 5.75 Å². The first-order chi connectivity index (χ1) is 13.1. The number of amides is 2. The second-order valence-electron chi connectivity index (χ2n) is 7.05. The van der Waals surface area contributed by atoms with E-state index in [1.54, 1.807) is 0 Å². The molecule has 0 spiro atoms. The van der Waals surface area contributed by atoms with Crippen molar-refractivity contribution in [3.05, 3.63) is 23.8 Å². The minimum atomic E-state index is -0.321. The number of anilines is 1. The molecule has 1 atom stereocenters. The van der Waals surface area contributed by atoms with E-state index in [0.29, 0.717) is 50.5 Å². The molecule has 1 aromatic rings. The van der Waals surface area contributed by atoms with Crippen molar-refractivity contribution in [3.63, 3.8) is 0 Å². The van der Waals surface area contributed by atoms with Gasteiger partial charge in [-0.05, 0) is 42.9 Å². The number of carbonyl (C=O) groups excluding carboxylic acids is 3. The molecule has 1 aliphatic carbocycles. The monoisotopic (exact) mass is 372 g/mol. The number of imide groups is 1. The summed E-state index contributed by atoms with van der Waals surface area (Å²) >= 11 is 0. The topological polar surface area (TPSA) is 75.7 Å². The van der Waals surface area contributed by atoms with Gasteiger partial charge >= 0.3 is 0 Å². The van der Waals surface area contributed by atoms with E-state index in [9.17, 15) is 14.4 Å². The molecule has 0 radical (unpaired) electrons. The molecular weight excluding hydrogens is 344 g/mol. The second-order valence-corrected chi connectivity index (χ2v) is 7.05. The van der Waals surface area contributed by atoms with Gasteiger partial charge < -0.3 is 9.64 Å². The third-order valence-electron chi connectivity index (χ3n) is 5.48. The fourth-order valence-electron chi connectivity index (χ4n) is 4.09. The molecule has 1 saturated heterocycles. The number of hydrogen-bond donors (Lipinski definition) is 1. The molecule has 2 aliphatic heterocycles. The smallest absolute Gasteiger partial charge is 0.249 e. The predicted octanol–water partition coefficient (Wildman–Crippen LogP) is 2.94. The summed E-state index contributed by atoms with van der Waals surface area (Å²) < 4.78 is 5.85. The van der Waals surface area contributed by atoms with E-state index in [-0.39, 0.29) is 17.9 Å². The van der Waals surface area contributed by atoms with Crippen molar-refractivity contribution in [1.82, 2.24) is 5.32 Å². The molecule has 146 valence electrons. The Hall–Kier alpha value is -2.37.